The second-order valence-corrected chi connectivity index (χ2v) is 4.31. The molecule has 0 aliphatic rings. The molecule has 0 saturated carbocycles. The van der Waals surface area contributed by atoms with Gasteiger partial charge in [-0.15, -0.1) is 10.2 Å². The van der Waals surface area contributed by atoms with Crippen molar-refractivity contribution in [2.75, 3.05) is 0 Å². The highest BCUT2D eigenvalue weighted by molar-refractivity contribution is 5.95. The first-order chi connectivity index (χ1) is 10.1. The fourth-order valence-corrected chi connectivity index (χ4v) is 1.93. The van der Waals surface area contributed by atoms with E-state index >= 15 is 0 Å². The minimum Gasteiger partial charge on any atom is -0.506 e. The van der Waals surface area contributed by atoms with Gasteiger partial charge in [-0.1, -0.05) is 30.3 Å². The van der Waals surface area contributed by atoms with E-state index in [2.05, 4.69) is 15.2 Å². The fraction of sp³-hybridized carbons (Fsp3) is 0. The van der Waals surface area contributed by atoms with Gasteiger partial charge in [-0.3, -0.25) is 9.78 Å². The Kier molecular flexibility index (Phi) is 3.07. The van der Waals surface area contributed by atoms with Crippen LogP contribution >= 0.6 is 0 Å². The molecule has 2 aromatic carbocycles. The topological polar surface area (TPSA) is 111 Å². The number of phenols is 1. The minimum absolute atomic E-state index is 0.0432. The summed E-state index contributed by atoms with van der Waals surface area (Å²) in [6.45, 7) is 0. The second-order valence-electron chi connectivity index (χ2n) is 4.31. The van der Waals surface area contributed by atoms with Gasteiger partial charge in [-0.2, -0.15) is 0 Å². The smallest absolute Gasteiger partial charge is 0.325 e. The first-order valence-electron chi connectivity index (χ1n) is 6.09. The maximum Gasteiger partial charge on any atom is 0.325 e. The number of aromatic nitrogens is 2. The number of H-pyrrole nitrogens is 2. The van der Waals surface area contributed by atoms with Crippen molar-refractivity contribution in [3.63, 3.8) is 0 Å². The summed E-state index contributed by atoms with van der Waals surface area (Å²) in [6.07, 6.45) is 1.16. The van der Waals surface area contributed by atoms with Gasteiger partial charge in [0.15, 0.2) is 5.69 Å². The molecule has 0 bridgehead atoms. The number of fused-ring (bicyclic) bond motifs is 1. The molecule has 3 rings (SSSR count). The highest BCUT2D eigenvalue weighted by atomic mass is 16.3. The summed E-state index contributed by atoms with van der Waals surface area (Å²) in [5, 5.41) is 19.2. The molecular formula is C14H10N4O3. The molecule has 104 valence electrons. The lowest BCUT2D eigenvalue weighted by molar-refractivity contribution is 0.477. The molecule has 0 atom stereocenters. The summed E-state index contributed by atoms with van der Waals surface area (Å²) in [5.74, 6) is -0.0432. The molecule has 7 nitrogen and oxygen atoms in total. The van der Waals surface area contributed by atoms with Crippen molar-refractivity contribution in [1.82, 2.24) is 9.97 Å². The molecule has 0 unspecified atom stereocenters. The maximum atomic E-state index is 11.5. The quantitative estimate of drug-likeness (QED) is 0.627. The molecular weight excluding hydrogens is 272 g/mol. The van der Waals surface area contributed by atoms with Crippen molar-refractivity contribution in [1.29, 1.82) is 0 Å². The highest BCUT2D eigenvalue weighted by Crippen LogP contribution is 2.35. The van der Waals surface area contributed by atoms with Crippen molar-refractivity contribution in [2.45, 2.75) is 0 Å². The summed E-state index contributed by atoms with van der Waals surface area (Å²) in [5.41, 5.74) is -1.06. The van der Waals surface area contributed by atoms with E-state index < -0.39 is 11.2 Å². The van der Waals surface area contributed by atoms with Crippen LogP contribution in [0.1, 0.15) is 0 Å². The van der Waals surface area contributed by atoms with Gasteiger partial charge < -0.3 is 10.1 Å². The Balaban J connectivity index is 2.13. The second kappa shape index (κ2) is 5.04. The van der Waals surface area contributed by atoms with Gasteiger partial charge in [0.2, 0.25) is 0 Å². The van der Waals surface area contributed by atoms with Gasteiger partial charge in [0.1, 0.15) is 11.4 Å². The standard InChI is InChI=1S/C14H10N4O3/c19-11-6-5-8-3-1-2-4-9(8)12(11)18-17-10-7-15-14(21)16-13(10)20/h1-7,19H,(H2,15,16,20,21). The normalized spacial score (nSPS) is 11.2. The minimum atomic E-state index is -0.651. The Hall–Kier alpha value is -3.22. The van der Waals surface area contributed by atoms with Gasteiger partial charge in [0.05, 0.1) is 0 Å². The lowest BCUT2D eigenvalue weighted by atomic mass is 10.1. The largest absolute Gasteiger partial charge is 0.506 e. The molecule has 0 fully saturated rings. The predicted octanol–water partition coefficient (Wildman–Crippen LogP) is 2.34. The van der Waals surface area contributed by atoms with Crippen LogP contribution < -0.4 is 11.2 Å². The molecule has 1 heterocycles. The molecule has 3 N–H and O–H groups in total. The van der Waals surface area contributed by atoms with Gasteiger partial charge in [0.25, 0.3) is 5.56 Å². The number of nitrogens with zero attached hydrogens (tertiary/aromatic N) is 2. The number of hydrogen-bond donors (Lipinski definition) is 3. The van der Waals surface area contributed by atoms with Gasteiger partial charge in [-0.25, -0.2) is 4.79 Å². The van der Waals surface area contributed by atoms with Crippen LogP contribution in [0.3, 0.4) is 0 Å². The molecule has 0 spiro atoms. The SMILES string of the molecule is O=c1[nH]cc(N=Nc2c(O)ccc3ccccc23)c(=O)[nH]1. The third-order valence-corrected chi connectivity index (χ3v) is 2.94. The van der Waals surface area contributed by atoms with Crippen LogP contribution in [0.2, 0.25) is 0 Å². The number of aromatic amines is 2. The van der Waals surface area contributed by atoms with E-state index in [1.54, 1.807) is 12.1 Å². The average Bonchev–Trinajstić information content (AvgIpc) is 2.48. The van der Waals surface area contributed by atoms with Gasteiger partial charge >= 0.3 is 5.69 Å². The Morgan fingerprint density at radius 3 is 2.62 bits per heavy atom. The molecule has 7 heteroatoms. The number of azo groups is 1. The highest BCUT2D eigenvalue weighted by Gasteiger charge is 2.06. The molecule has 0 amide bonds. The van der Waals surface area contributed by atoms with Crippen molar-refractivity contribution in [3.8, 4) is 5.75 Å². The lowest BCUT2D eigenvalue weighted by Crippen LogP contribution is -2.20. The van der Waals surface area contributed by atoms with Crippen LogP contribution in [0.15, 0.2) is 62.4 Å². The van der Waals surface area contributed by atoms with Crippen LogP contribution in [0.25, 0.3) is 10.8 Å². The molecule has 0 aliphatic heterocycles. The monoisotopic (exact) mass is 282 g/mol. The number of hydrogen-bond acceptors (Lipinski definition) is 5. The van der Waals surface area contributed by atoms with E-state index in [4.69, 9.17) is 0 Å². The Morgan fingerprint density at radius 1 is 1.00 bits per heavy atom. The van der Waals surface area contributed by atoms with Crippen molar-refractivity contribution >= 4 is 22.1 Å². The van der Waals surface area contributed by atoms with Crippen molar-refractivity contribution < 1.29 is 5.11 Å². The van der Waals surface area contributed by atoms with E-state index in [9.17, 15) is 14.7 Å². The molecule has 0 radical (unpaired) electrons. The van der Waals surface area contributed by atoms with Crippen LogP contribution in [0, 0.1) is 0 Å². The van der Waals surface area contributed by atoms with Crippen LogP contribution in [0.4, 0.5) is 11.4 Å². The zero-order chi connectivity index (χ0) is 14.8. The first kappa shape index (κ1) is 12.8. The maximum absolute atomic E-state index is 11.5. The fourth-order valence-electron chi connectivity index (χ4n) is 1.93. The molecule has 21 heavy (non-hydrogen) atoms. The lowest BCUT2D eigenvalue weighted by Gasteiger charge is -2.03. The molecule has 3 aromatic rings. The molecule has 0 aliphatic carbocycles. The van der Waals surface area contributed by atoms with Crippen LogP contribution in [0.5, 0.6) is 5.75 Å². The summed E-state index contributed by atoms with van der Waals surface area (Å²) in [6, 6.07) is 10.6. The summed E-state index contributed by atoms with van der Waals surface area (Å²) < 4.78 is 0. The van der Waals surface area contributed by atoms with E-state index in [0.29, 0.717) is 5.39 Å². The molecule has 0 saturated heterocycles. The van der Waals surface area contributed by atoms with Crippen LogP contribution in [-0.4, -0.2) is 15.1 Å². The molecule has 1 aromatic heterocycles. The Labute approximate surface area is 117 Å². The predicted molar refractivity (Wildman–Crippen MR) is 77.5 cm³/mol. The van der Waals surface area contributed by atoms with E-state index in [-0.39, 0.29) is 17.1 Å². The summed E-state index contributed by atoms with van der Waals surface area (Å²) in [4.78, 5) is 26.8. The number of rotatable bonds is 2. The third-order valence-electron chi connectivity index (χ3n) is 2.94. The number of phenolic OH excluding ortho intramolecular Hbond substituents is 1. The zero-order valence-electron chi connectivity index (χ0n) is 10.7. The first-order valence-corrected chi connectivity index (χ1v) is 6.09. The van der Waals surface area contributed by atoms with Gasteiger partial charge in [-0.05, 0) is 11.5 Å². The average molecular weight is 282 g/mol. The van der Waals surface area contributed by atoms with E-state index in [1.165, 1.54) is 6.07 Å². The number of aromatic hydroxyl groups is 1. The Morgan fingerprint density at radius 2 is 1.81 bits per heavy atom. The summed E-state index contributed by atoms with van der Waals surface area (Å²) >= 11 is 0. The number of benzene rings is 2. The third kappa shape index (κ3) is 2.44. The summed E-state index contributed by atoms with van der Waals surface area (Å²) in [7, 11) is 0. The van der Waals surface area contributed by atoms with Crippen molar-refractivity contribution in [2.24, 2.45) is 10.2 Å². The van der Waals surface area contributed by atoms with Crippen LogP contribution in [-0.2, 0) is 0 Å². The van der Waals surface area contributed by atoms with Gasteiger partial charge in [0, 0.05) is 11.6 Å². The van der Waals surface area contributed by atoms with Crippen molar-refractivity contribution in [3.05, 3.63) is 63.4 Å². The Bertz CT molecular complexity index is 956. The van der Waals surface area contributed by atoms with E-state index in [0.717, 1.165) is 11.6 Å². The number of nitrogens with one attached hydrogen (secondary N) is 2. The zero-order valence-corrected chi connectivity index (χ0v) is 10.7. The van der Waals surface area contributed by atoms with E-state index in [1.807, 2.05) is 23.2 Å².